The molecule has 0 aromatic heterocycles. The molecule has 0 saturated heterocycles. The minimum Gasteiger partial charge on any atom is -0.460 e. The third-order valence-corrected chi connectivity index (χ3v) is 5.72. The second-order valence-electron chi connectivity index (χ2n) is 7.79. The van der Waals surface area contributed by atoms with E-state index >= 15 is 0 Å². The van der Waals surface area contributed by atoms with Gasteiger partial charge in [-0.15, -0.1) is 0 Å². The summed E-state index contributed by atoms with van der Waals surface area (Å²) in [6.07, 6.45) is -1.11. The quantitative estimate of drug-likeness (QED) is 0.640. The molecule has 8 heteroatoms. The molecule has 30 heavy (non-hydrogen) atoms. The summed E-state index contributed by atoms with van der Waals surface area (Å²) in [6, 6.07) is 15.9. The molecular weight excluding hydrogens is 406 g/mol. The Hall–Kier alpha value is -2.87. The first-order valence-corrected chi connectivity index (χ1v) is 11.2. The molecule has 1 amide bonds. The minimum absolute atomic E-state index is 0.0251. The maximum absolute atomic E-state index is 12.7. The highest BCUT2D eigenvalue weighted by Crippen LogP contribution is 2.15. The predicted octanol–water partition coefficient (Wildman–Crippen LogP) is 3.49. The van der Waals surface area contributed by atoms with Gasteiger partial charge < -0.3 is 14.8 Å². The van der Waals surface area contributed by atoms with Gasteiger partial charge in [0.05, 0.1) is 23.1 Å². The first-order valence-electron chi connectivity index (χ1n) is 9.52. The molecule has 2 aromatic carbocycles. The van der Waals surface area contributed by atoms with E-state index in [1.165, 1.54) is 12.1 Å². The lowest BCUT2D eigenvalue weighted by atomic mass is 10.2. The first kappa shape index (κ1) is 23.4. The van der Waals surface area contributed by atoms with Crippen molar-refractivity contribution >= 4 is 21.9 Å². The molecule has 0 radical (unpaired) electrons. The molecule has 0 bridgehead atoms. The van der Waals surface area contributed by atoms with Crippen molar-refractivity contribution in [3.8, 4) is 0 Å². The van der Waals surface area contributed by atoms with Crippen molar-refractivity contribution in [1.82, 2.24) is 5.32 Å². The van der Waals surface area contributed by atoms with Gasteiger partial charge in [0.25, 0.3) is 0 Å². The van der Waals surface area contributed by atoms with E-state index in [4.69, 9.17) is 9.47 Å². The van der Waals surface area contributed by atoms with E-state index in [2.05, 4.69) is 5.32 Å². The third kappa shape index (κ3) is 8.24. The number of amides is 1. The number of alkyl carbamates (subject to hydrolysis) is 1. The van der Waals surface area contributed by atoms with Gasteiger partial charge in [0.2, 0.25) is 0 Å². The Labute approximate surface area is 177 Å². The van der Waals surface area contributed by atoms with Crippen molar-refractivity contribution < 1.29 is 27.5 Å². The zero-order valence-corrected chi connectivity index (χ0v) is 18.1. The summed E-state index contributed by atoms with van der Waals surface area (Å²) in [7, 11) is -3.74. The van der Waals surface area contributed by atoms with E-state index in [-0.39, 0.29) is 17.9 Å². The Balaban J connectivity index is 2.08. The Morgan fingerprint density at radius 1 is 0.967 bits per heavy atom. The normalized spacial score (nSPS) is 12.6. The molecule has 0 unspecified atom stereocenters. The summed E-state index contributed by atoms with van der Waals surface area (Å²) >= 11 is 0. The fraction of sp³-hybridized carbons (Fsp3) is 0.364. The number of esters is 1. The van der Waals surface area contributed by atoms with Crippen molar-refractivity contribution in [2.75, 3.05) is 5.75 Å². The summed E-state index contributed by atoms with van der Waals surface area (Å²) < 4.78 is 35.9. The third-order valence-electron chi connectivity index (χ3n) is 3.89. The highest BCUT2D eigenvalue weighted by atomic mass is 32.2. The lowest BCUT2D eigenvalue weighted by molar-refractivity contribution is -0.155. The van der Waals surface area contributed by atoms with Crippen LogP contribution in [0.4, 0.5) is 4.79 Å². The molecule has 2 rings (SSSR count). The fourth-order valence-electron chi connectivity index (χ4n) is 2.66. The number of carbonyl (C=O) groups excluding carboxylic acids is 2. The van der Waals surface area contributed by atoms with Crippen LogP contribution in [0.15, 0.2) is 65.6 Å². The van der Waals surface area contributed by atoms with Crippen LogP contribution in [0.1, 0.15) is 32.8 Å². The van der Waals surface area contributed by atoms with Crippen LogP contribution in [-0.4, -0.2) is 37.9 Å². The van der Waals surface area contributed by atoms with Crippen molar-refractivity contribution in [1.29, 1.82) is 0 Å². The molecule has 1 N–H and O–H groups in total. The molecule has 0 aliphatic rings. The summed E-state index contributed by atoms with van der Waals surface area (Å²) in [5.74, 6) is -1.07. The summed E-state index contributed by atoms with van der Waals surface area (Å²) in [5, 5.41) is 2.49. The Morgan fingerprint density at radius 2 is 1.53 bits per heavy atom. The molecule has 0 saturated carbocycles. The van der Waals surface area contributed by atoms with Crippen LogP contribution in [0.2, 0.25) is 0 Å². The number of ether oxygens (including phenoxy) is 2. The molecule has 0 aliphatic heterocycles. The van der Waals surface area contributed by atoms with Gasteiger partial charge in [-0.1, -0.05) is 48.5 Å². The topological polar surface area (TPSA) is 98.8 Å². The fourth-order valence-corrected chi connectivity index (χ4v) is 4.15. The Morgan fingerprint density at radius 3 is 2.10 bits per heavy atom. The molecule has 162 valence electrons. The van der Waals surface area contributed by atoms with E-state index in [1.54, 1.807) is 51.1 Å². The maximum Gasteiger partial charge on any atom is 0.407 e. The van der Waals surface area contributed by atoms with Gasteiger partial charge in [-0.05, 0) is 38.5 Å². The zero-order valence-electron chi connectivity index (χ0n) is 17.3. The molecule has 2 aromatic rings. The highest BCUT2D eigenvalue weighted by molar-refractivity contribution is 7.91. The first-order chi connectivity index (χ1) is 14.0. The SMILES string of the molecule is CC(C)(C)OC(=O)C[C@@H](CS(=O)(=O)c1ccccc1)NC(=O)OCc1ccccc1. The molecule has 0 heterocycles. The zero-order chi connectivity index (χ0) is 22.2. The van der Waals surface area contributed by atoms with Gasteiger partial charge in [-0.2, -0.15) is 0 Å². The Kier molecular flexibility index (Phi) is 8.00. The average molecular weight is 434 g/mol. The van der Waals surface area contributed by atoms with Crippen LogP contribution in [0, 0.1) is 0 Å². The Bertz CT molecular complexity index is 937. The number of hydrogen-bond donors (Lipinski definition) is 1. The number of hydrogen-bond acceptors (Lipinski definition) is 6. The predicted molar refractivity (Wildman–Crippen MR) is 113 cm³/mol. The van der Waals surface area contributed by atoms with Crippen LogP contribution >= 0.6 is 0 Å². The van der Waals surface area contributed by atoms with E-state index < -0.39 is 39.3 Å². The lowest BCUT2D eigenvalue weighted by Gasteiger charge is -2.23. The number of nitrogens with one attached hydrogen (secondary N) is 1. The second kappa shape index (κ2) is 10.2. The van der Waals surface area contributed by atoms with Gasteiger partial charge in [0, 0.05) is 0 Å². The van der Waals surface area contributed by atoms with Gasteiger partial charge >= 0.3 is 12.1 Å². The minimum atomic E-state index is -3.74. The van der Waals surface area contributed by atoms with Gasteiger partial charge in [0.1, 0.15) is 12.2 Å². The van der Waals surface area contributed by atoms with Crippen molar-refractivity contribution in [3.63, 3.8) is 0 Å². The largest absolute Gasteiger partial charge is 0.460 e. The average Bonchev–Trinajstić information content (AvgIpc) is 2.66. The van der Waals surface area contributed by atoms with Crippen LogP contribution in [0.25, 0.3) is 0 Å². The second-order valence-corrected chi connectivity index (χ2v) is 9.82. The van der Waals surface area contributed by atoms with Crippen molar-refractivity contribution in [2.45, 2.75) is 50.3 Å². The molecule has 0 fully saturated rings. The van der Waals surface area contributed by atoms with E-state index in [0.717, 1.165) is 5.56 Å². The monoisotopic (exact) mass is 433 g/mol. The summed E-state index contributed by atoms with van der Waals surface area (Å²) in [6.45, 7) is 5.16. The molecule has 7 nitrogen and oxygen atoms in total. The van der Waals surface area contributed by atoms with Gasteiger partial charge in [-0.3, -0.25) is 4.79 Å². The summed E-state index contributed by atoms with van der Waals surface area (Å²) in [5.41, 5.74) is 0.0570. The number of rotatable bonds is 8. The molecule has 0 aliphatic carbocycles. The molecule has 0 spiro atoms. The van der Waals surface area contributed by atoms with Gasteiger partial charge in [-0.25, -0.2) is 13.2 Å². The van der Waals surface area contributed by atoms with Crippen LogP contribution in [-0.2, 0) is 30.7 Å². The molecular formula is C22H27NO6S. The van der Waals surface area contributed by atoms with Gasteiger partial charge in [0.15, 0.2) is 9.84 Å². The van der Waals surface area contributed by atoms with E-state index in [0.29, 0.717) is 0 Å². The van der Waals surface area contributed by atoms with Crippen LogP contribution in [0.5, 0.6) is 0 Å². The standard InChI is InChI=1S/C22H27NO6S/c1-22(2,3)29-20(24)14-18(16-30(26,27)19-12-8-5-9-13-19)23-21(25)28-15-17-10-6-4-7-11-17/h4-13,18H,14-16H2,1-3H3,(H,23,25)/t18-/m0/s1. The number of benzene rings is 2. The van der Waals surface area contributed by atoms with Crippen molar-refractivity contribution in [2.24, 2.45) is 0 Å². The van der Waals surface area contributed by atoms with Crippen LogP contribution < -0.4 is 5.32 Å². The summed E-state index contributed by atoms with van der Waals surface area (Å²) in [4.78, 5) is 24.6. The maximum atomic E-state index is 12.7. The highest BCUT2D eigenvalue weighted by Gasteiger charge is 2.27. The van der Waals surface area contributed by atoms with E-state index in [1.807, 2.05) is 18.2 Å². The molecule has 1 atom stereocenters. The van der Waals surface area contributed by atoms with Crippen molar-refractivity contribution in [3.05, 3.63) is 66.2 Å². The smallest absolute Gasteiger partial charge is 0.407 e. The lowest BCUT2D eigenvalue weighted by Crippen LogP contribution is -2.42. The van der Waals surface area contributed by atoms with E-state index in [9.17, 15) is 18.0 Å². The number of carbonyl (C=O) groups is 2. The number of sulfone groups is 1. The van der Waals surface area contributed by atoms with Crippen LogP contribution in [0.3, 0.4) is 0 Å².